The number of rotatable bonds is 7. The van der Waals surface area contributed by atoms with E-state index in [1.807, 2.05) is 60.7 Å². The van der Waals surface area contributed by atoms with Crippen LogP contribution in [-0.2, 0) is 0 Å². The number of hydrogen-bond donors (Lipinski definition) is 0. The van der Waals surface area contributed by atoms with Crippen LogP contribution in [0.15, 0.2) is 206 Å². The van der Waals surface area contributed by atoms with E-state index in [9.17, 15) is 0 Å². The number of nitrogens with zero attached hydrogens (tertiary/aromatic N) is 4. The van der Waals surface area contributed by atoms with Crippen LogP contribution in [0.2, 0.25) is 0 Å². The molecule has 0 radical (unpaired) electrons. The molecule has 0 N–H and O–H groups in total. The molecule has 0 aliphatic rings. The highest BCUT2D eigenvalue weighted by Gasteiger charge is 2.17. The zero-order chi connectivity index (χ0) is 37.3. The van der Waals surface area contributed by atoms with Crippen LogP contribution in [-0.4, -0.2) is 19.9 Å². The zero-order valence-corrected chi connectivity index (χ0v) is 30.4. The molecule has 8 aromatic carbocycles. The van der Waals surface area contributed by atoms with Crippen LogP contribution in [0.1, 0.15) is 0 Å². The molecule has 0 spiro atoms. The van der Waals surface area contributed by atoms with Crippen molar-refractivity contribution in [3.63, 3.8) is 0 Å². The molecule has 4 nitrogen and oxygen atoms in total. The first-order chi connectivity index (χ1) is 27.7. The average molecular weight is 715 g/mol. The van der Waals surface area contributed by atoms with Gasteiger partial charge in [0.05, 0.1) is 11.2 Å². The summed E-state index contributed by atoms with van der Waals surface area (Å²) in [5.74, 6) is 1.93. The lowest BCUT2D eigenvalue weighted by atomic mass is 9.91. The van der Waals surface area contributed by atoms with Crippen molar-refractivity contribution >= 4 is 21.7 Å². The van der Waals surface area contributed by atoms with Gasteiger partial charge in [0.2, 0.25) is 0 Å². The molecular weight excluding hydrogens is 681 g/mol. The lowest BCUT2D eigenvalue weighted by molar-refractivity contribution is 1.07. The number of aromatic nitrogens is 4. The Morgan fingerprint density at radius 1 is 0.250 bits per heavy atom. The average Bonchev–Trinajstić information content (AvgIpc) is 3.29. The summed E-state index contributed by atoms with van der Waals surface area (Å²) in [5.41, 5.74) is 12.8. The van der Waals surface area contributed by atoms with Crippen LogP contribution in [0.5, 0.6) is 0 Å². The van der Waals surface area contributed by atoms with Gasteiger partial charge in [-0.3, -0.25) is 0 Å². The van der Waals surface area contributed by atoms with Gasteiger partial charge in [0.25, 0.3) is 0 Å². The fourth-order valence-electron chi connectivity index (χ4n) is 7.54. The van der Waals surface area contributed by atoms with E-state index in [0.717, 1.165) is 55.4 Å². The fraction of sp³-hybridized carbons (Fsp3) is 0. The van der Waals surface area contributed by atoms with Crippen molar-refractivity contribution in [3.05, 3.63) is 206 Å². The van der Waals surface area contributed by atoms with Crippen LogP contribution in [0.4, 0.5) is 0 Å². The van der Waals surface area contributed by atoms with E-state index in [2.05, 4.69) is 146 Å². The van der Waals surface area contributed by atoms with Crippen molar-refractivity contribution in [2.45, 2.75) is 0 Å². The van der Waals surface area contributed by atoms with Crippen molar-refractivity contribution in [2.75, 3.05) is 0 Å². The maximum atomic E-state index is 5.38. The molecule has 2 heterocycles. The van der Waals surface area contributed by atoms with E-state index in [1.54, 1.807) is 0 Å². The van der Waals surface area contributed by atoms with Crippen LogP contribution < -0.4 is 0 Å². The topological polar surface area (TPSA) is 51.6 Å². The molecule has 0 saturated heterocycles. The summed E-state index contributed by atoms with van der Waals surface area (Å²) in [6.07, 6.45) is 0. The SMILES string of the molecule is c1ccc(-c2cccc(-c3nc4ccc(-c5ccc(-c6nc(-c7ccccc7)nc(-c7ccccc7)n6)cc5)cc4c4c(-c5ccccc5)cccc34)c2)cc1. The summed E-state index contributed by atoms with van der Waals surface area (Å²) in [4.78, 5) is 20.1. The lowest BCUT2D eigenvalue weighted by Crippen LogP contribution is -2.00. The Hall–Kier alpha value is -7.56. The number of benzene rings is 8. The summed E-state index contributed by atoms with van der Waals surface area (Å²) in [6.45, 7) is 0. The van der Waals surface area contributed by atoms with Gasteiger partial charge in [-0.2, -0.15) is 0 Å². The molecule has 2 aromatic heterocycles. The molecule has 10 aromatic rings. The minimum Gasteiger partial charge on any atom is -0.247 e. The molecule has 4 heteroatoms. The van der Waals surface area contributed by atoms with Gasteiger partial charge in [-0.05, 0) is 51.6 Å². The molecule has 0 fully saturated rings. The molecule has 262 valence electrons. The minimum atomic E-state index is 0.634. The maximum Gasteiger partial charge on any atom is 0.164 e. The zero-order valence-electron chi connectivity index (χ0n) is 30.4. The van der Waals surface area contributed by atoms with Crippen LogP contribution in [0.3, 0.4) is 0 Å². The Labute approximate surface area is 325 Å². The van der Waals surface area contributed by atoms with Gasteiger partial charge in [-0.15, -0.1) is 0 Å². The molecule has 56 heavy (non-hydrogen) atoms. The molecule has 0 aliphatic heterocycles. The molecule has 0 atom stereocenters. The highest BCUT2D eigenvalue weighted by Crippen LogP contribution is 2.40. The number of hydrogen-bond acceptors (Lipinski definition) is 4. The van der Waals surface area contributed by atoms with Crippen molar-refractivity contribution in [3.8, 4) is 78.8 Å². The third-order valence-corrected chi connectivity index (χ3v) is 10.3. The van der Waals surface area contributed by atoms with Gasteiger partial charge >= 0.3 is 0 Å². The Balaban J connectivity index is 1.10. The summed E-state index contributed by atoms with van der Waals surface area (Å²) in [6, 6.07) is 71.8. The Morgan fingerprint density at radius 3 is 1.29 bits per heavy atom. The predicted octanol–water partition coefficient (Wildman–Crippen LogP) is 13.2. The third kappa shape index (κ3) is 6.29. The predicted molar refractivity (Wildman–Crippen MR) is 231 cm³/mol. The highest BCUT2D eigenvalue weighted by molar-refractivity contribution is 6.17. The van der Waals surface area contributed by atoms with Gasteiger partial charge in [-0.25, -0.2) is 19.9 Å². The normalized spacial score (nSPS) is 11.2. The van der Waals surface area contributed by atoms with Crippen LogP contribution in [0, 0.1) is 0 Å². The van der Waals surface area contributed by atoms with E-state index in [0.29, 0.717) is 17.5 Å². The van der Waals surface area contributed by atoms with E-state index in [4.69, 9.17) is 19.9 Å². The number of fused-ring (bicyclic) bond motifs is 3. The van der Waals surface area contributed by atoms with Crippen LogP contribution in [0.25, 0.3) is 100 Å². The van der Waals surface area contributed by atoms with Crippen molar-refractivity contribution < 1.29 is 0 Å². The summed E-state index contributed by atoms with van der Waals surface area (Å²) < 4.78 is 0. The first kappa shape index (κ1) is 33.0. The van der Waals surface area contributed by atoms with Gasteiger partial charge in [0.1, 0.15) is 0 Å². The summed E-state index contributed by atoms with van der Waals surface area (Å²) >= 11 is 0. The van der Waals surface area contributed by atoms with E-state index in [1.165, 1.54) is 27.6 Å². The second kappa shape index (κ2) is 14.3. The highest BCUT2D eigenvalue weighted by atomic mass is 15.0. The second-order valence-corrected chi connectivity index (χ2v) is 13.8. The fourth-order valence-corrected chi connectivity index (χ4v) is 7.54. The standard InChI is InChI=1S/C52H34N4/c1-5-15-35(16-6-1)41-23-13-24-43(33-41)49-45-26-14-25-44(37-17-7-2-8-18-37)48(45)46-34-42(31-32-47(46)53-49)36-27-29-40(30-28-36)52-55-50(38-19-9-3-10-20-38)54-51(56-52)39-21-11-4-12-22-39/h1-34H. The van der Waals surface area contributed by atoms with Gasteiger partial charge in [0, 0.05) is 38.4 Å². The first-order valence-electron chi connectivity index (χ1n) is 18.8. The van der Waals surface area contributed by atoms with Gasteiger partial charge in [0.15, 0.2) is 17.5 Å². The Morgan fingerprint density at radius 2 is 0.679 bits per heavy atom. The first-order valence-corrected chi connectivity index (χ1v) is 18.8. The summed E-state index contributed by atoms with van der Waals surface area (Å²) in [5, 5.41) is 3.42. The van der Waals surface area contributed by atoms with E-state index in [-0.39, 0.29) is 0 Å². The molecular formula is C52H34N4. The van der Waals surface area contributed by atoms with E-state index < -0.39 is 0 Å². The largest absolute Gasteiger partial charge is 0.247 e. The monoisotopic (exact) mass is 714 g/mol. The molecule has 0 aliphatic carbocycles. The van der Waals surface area contributed by atoms with E-state index >= 15 is 0 Å². The molecule has 0 amide bonds. The lowest BCUT2D eigenvalue weighted by Gasteiger charge is -2.16. The Kier molecular flexibility index (Phi) is 8.47. The molecule has 10 rings (SSSR count). The van der Waals surface area contributed by atoms with Gasteiger partial charge in [-0.1, -0.05) is 188 Å². The smallest absolute Gasteiger partial charge is 0.164 e. The van der Waals surface area contributed by atoms with Crippen molar-refractivity contribution in [1.82, 2.24) is 19.9 Å². The molecule has 0 saturated carbocycles. The minimum absolute atomic E-state index is 0.634. The van der Waals surface area contributed by atoms with Crippen molar-refractivity contribution in [2.24, 2.45) is 0 Å². The van der Waals surface area contributed by atoms with Crippen LogP contribution >= 0.6 is 0 Å². The second-order valence-electron chi connectivity index (χ2n) is 13.8. The van der Waals surface area contributed by atoms with Crippen molar-refractivity contribution in [1.29, 1.82) is 0 Å². The Bertz CT molecular complexity index is 2930. The maximum absolute atomic E-state index is 5.38. The molecule has 0 bridgehead atoms. The molecule has 0 unspecified atom stereocenters. The third-order valence-electron chi connectivity index (χ3n) is 10.3. The quantitative estimate of drug-likeness (QED) is 0.154. The summed E-state index contributed by atoms with van der Waals surface area (Å²) in [7, 11) is 0. The van der Waals surface area contributed by atoms with Gasteiger partial charge < -0.3 is 0 Å². The number of pyridine rings is 1.